The van der Waals surface area contributed by atoms with Crippen LogP contribution in [0.5, 0.6) is 0 Å². The molecule has 0 saturated heterocycles. The van der Waals surface area contributed by atoms with Crippen LogP contribution in [0.3, 0.4) is 0 Å². The monoisotopic (exact) mass is 216 g/mol. The van der Waals surface area contributed by atoms with E-state index >= 15 is 0 Å². The number of nitrogens with two attached hydrogens (primary N) is 1. The Labute approximate surface area is 86.3 Å². The van der Waals surface area contributed by atoms with Crippen LogP contribution in [-0.2, 0) is 15.7 Å². The Morgan fingerprint density at radius 2 is 2.36 bits per heavy atom. The largest absolute Gasteiger partial charge is 0.356 e. The Morgan fingerprint density at radius 3 is 3.14 bits per heavy atom. The third kappa shape index (κ3) is 1.75. The first-order valence-electron chi connectivity index (χ1n) is 5.55. The minimum Gasteiger partial charge on any atom is -0.356 e. The topological polar surface area (TPSA) is 86.2 Å². The first-order valence-corrected chi connectivity index (χ1v) is 5.10. The third-order valence-electron chi connectivity index (χ3n) is 1.60. The summed E-state index contributed by atoms with van der Waals surface area (Å²) in [5.41, 5.74) is -3.25. The second kappa shape index (κ2) is 3.07. The van der Waals surface area contributed by atoms with Crippen LogP contribution in [0.1, 0.15) is 8.44 Å². The molecule has 2 N–H and O–H groups in total. The van der Waals surface area contributed by atoms with E-state index in [1.165, 1.54) is 12.1 Å². The zero-order valence-electron chi connectivity index (χ0n) is 10.8. The van der Waals surface area contributed by atoms with Gasteiger partial charge >= 0.3 is 0 Å². The van der Waals surface area contributed by atoms with Crippen LogP contribution in [0, 0.1) is 0 Å². The summed E-state index contributed by atoms with van der Waals surface area (Å²) in [5.74, 6) is 0. The highest BCUT2D eigenvalue weighted by Gasteiger charge is 2.12. The van der Waals surface area contributed by atoms with E-state index in [2.05, 4.69) is 5.16 Å². The van der Waals surface area contributed by atoms with Crippen LogP contribution in [0.4, 0.5) is 0 Å². The lowest BCUT2D eigenvalue weighted by Gasteiger charge is -1.92. The summed E-state index contributed by atoms with van der Waals surface area (Å²) < 4.78 is 56.7. The molecule has 0 fully saturated rings. The fourth-order valence-electron chi connectivity index (χ4n) is 1.08. The molecule has 1 aromatic heterocycles. The molecule has 0 aliphatic rings. The SMILES string of the molecule is [2H]N([2H])S(=O)(=O)C([2H])([2H])c1noc2ccccc12. The number of benzene rings is 1. The van der Waals surface area contributed by atoms with Gasteiger partial charge in [0.1, 0.15) is 14.2 Å². The van der Waals surface area contributed by atoms with Gasteiger partial charge in [-0.05, 0) is 12.1 Å². The van der Waals surface area contributed by atoms with Crippen LogP contribution in [0.2, 0.25) is 2.82 Å². The number of aromatic nitrogens is 1. The molecule has 14 heavy (non-hydrogen) atoms. The number of primary sulfonamides is 1. The van der Waals surface area contributed by atoms with Crippen molar-refractivity contribution in [3.8, 4) is 0 Å². The second-order valence-corrected chi connectivity index (χ2v) is 3.76. The van der Waals surface area contributed by atoms with Gasteiger partial charge in [0.25, 0.3) is 0 Å². The van der Waals surface area contributed by atoms with E-state index in [9.17, 15) is 8.42 Å². The second-order valence-electron chi connectivity index (χ2n) is 2.60. The van der Waals surface area contributed by atoms with Gasteiger partial charge in [0.05, 0.1) is 2.74 Å². The van der Waals surface area contributed by atoms with E-state index in [1.807, 2.05) is 0 Å². The number of para-hydroxylation sites is 1. The predicted molar refractivity (Wildman–Crippen MR) is 50.8 cm³/mol. The molecule has 5 nitrogen and oxygen atoms in total. The standard InChI is InChI=1S/C8H8N2O3S/c9-14(11,12)5-7-6-3-1-2-4-8(6)13-10-7/h1-4H,5H2,(H2,9,11,12)/i5D2/hD2. The Bertz CT molecular complexity index is 682. The maximum Gasteiger partial charge on any atom is 0.214 e. The average Bonchev–Trinajstić information content (AvgIpc) is 2.72. The van der Waals surface area contributed by atoms with Crippen molar-refractivity contribution in [1.82, 2.24) is 5.16 Å². The highest BCUT2D eigenvalue weighted by atomic mass is 32.2. The lowest BCUT2D eigenvalue weighted by molar-refractivity contribution is 0.448. The third-order valence-corrected chi connectivity index (χ3v) is 2.05. The van der Waals surface area contributed by atoms with Crippen molar-refractivity contribution < 1.29 is 18.5 Å². The lowest BCUT2D eigenvalue weighted by atomic mass is 10.2. The Kier molecular flexibility index (Phi) is 1.20. The van der Waals surface area contributed by atoms with Crippen molar-refractivity contribution in [1.29, 1.82) is 0 Å². The molecule has 0 bridgehead atoms. The summed E-state index contributed by atoms with van der Waals surface area (Å²) in [7, 11) is -4.81. The highest BCUT2D eigenvalue weighted by Crippen LogP contribution is 2.18. The molecule has 0 saturated carbocycles. The van der Waals surface area contributed by atoms with Gasteiger partial charge in [-0.15, -0.1) is 0 Å². The van der Waals surface area contributed by atoms with E-state index in [4.69, 9.17) is 10.1 Å². The number of fused-ring (bicyclic) bond motifs is 1. The van der Waals surface area contributed by atoms with Gasteiger partial charge in [-0.25, -0.2) is 13.5 Å². The fourth-order valence-corrected chi connectivity index (χ4v) is 1.47. The first-order chi connectivity index (χ1) is 8.28. The summed E-state index contributed by atoms with van der Waals surface area (Å²) in [6.07, 6.45) is 0. The molecule has 74 valence electrons. The summed E-state index contributed by atoms with van der Waals surface area (Å²) >= 11 is 0. The van der Waals surface area contributed by atoms with Gasteiger partial charge < -0.3 is 4.52 Å². The van der Waals surface area contributed by atoms with Gasteiger partial charge in [0, 0.05) is 5.39 Å². The molecule has 2 aromatic rings. The quantitative estimate of drug-likeness (QED) is 0.814. The summed E-state index contributed by atoms with van der Waals surface area (Å²) in [5, 5.41) is 2.91. The number of sulfonamides is 1. The molecule has 0 radical (unpaired) electrons. The molecule has 0 aliphatic carbocycles. The summed E-state index contributed by atoms with van der Waals surface area (Å²) in [6, 6.07) is 6.16. The zero-order chi connectivity index (χ0) is 13.6. The fraction of sp³-hybridized carbons (Fsp3) is 0.125. The molecule has 2 rings (SSSR count). The molecule has 1 aromatic carbocycles. The molecule has 0 unspecified atom stereocenters. The molecule has 0 amide bonds. The van der Waals surface area contributed by atoms with E-state index in [-0.39, 0.29) is 11.0 Å². The molecule has 6 heteroatoms. The normalized spacial score (nSPS) is 17.5. The predicted octanol–water partition coefficient (Wildman–Crippen LogP) is 0.616. The minimum absolute atomic E-state index is 0.188. The van der Waals surface area contributed by atoms with E-state index in [1.54, 1.807) is 12.1 Å². The van der Waals surface area contributed by atoms with Gasteiger partial charge in [0.15, 0.2) is 5.58 Å². The Hall–Kier alpha value is -1.40. The molecular formula is C8H8N2O3S. The minimum atomic E-state index is -4.81. The van der Waals surface area contributed by atoms with Crippen LogP contribution in [0.15, 0.2) is 28.8 Å². The van der Waals surface area contributed by atoms with E-state index < -0.39 is 26.5 Å². The van der Waals surface area contributed by atoms with Crippen molar-refractivity contribution in [2.24, 2.45) is 5.13 Å². The first kappa shape index (κ1) is 5.47. The van der Waals surface area contributed by atoms with Crippen molar-refractivity contribution in [3.05, 3.63) is 30.0 Å². The number of hydrogen-bond acceptors (Lipinski definition) is 4. The molecule has 1 heterocycles. The number of rotatable bonds is 3. The van der Waals surface area contributed by atoms with Crippen LogP contribution >= 0.6 is 0 Å². The van der Waals surface area contributed by atoms with E-state index in [0.29, 0.717) is 0 Å². The number of nitrogens with zero attached hydrogens (tertiary/aromatic N) is 1. The molecule has 0 atom stereocenters. The zero-order valence-corrected chi connectivity index (χ0v) is 7.65. The highest BCUT2D eigenvalue weighted by molar-refractivity contribution is 7.88. The average molecular weight is 216 g/mol. The van der Waals surface area contributed by atoms with Crippen molar-refractivity contribution in [2.75, 3.05) is 0 Å². The van der Waals surface area contributed by atoms with Crippen molar-refractivity contribution >= 4 is 21.0 Å². The summed E-state index contributed by atoms with van der Waals surface area (Å²) in [6.45, 7) is 0. The van der Waals surface area contributed by atoms with Gasteiger partial charge in [-0.1, -0.05) is 17.3 Å². The Morgan fingerprint density at radius 1 is 1.57 bits per heavy atom. The molecule has 0 aliphatic heterocycles. The van der Waals surface area contributed by atoms with Crippen LogP contribution < -0.4 is 5.13 Å². The summed E-state index contributed by atoms with van der Waals surface area (Å²) in [4.78, 5) is 0. The Balaban J connectivity index is 2.68. The maximum absolute atomic E-state index is 11.6. The van der Waals surface area contributed by atoms with Crippen LogP contribution in [0.25, 0.3) is 11.0 Å². The van der Waals surface area contributed by atoms with Gasteiger partial charge in [-0.2, -0.15) is 0 Å². The van der Waals surface area contributed by atoms with Crippen LogP contribution in [-0.4, -0.2) is 13.6 Å². The van der Waals surface area contributed by atoms with Crippen molar-refractivity contribution in [2.45, 2.75) is 5.70 Å². The smallest absolute Gasteiger partial charge is 0.214 e. The molecular weight excluding hydrogens is 204 g/mol. The lowest BCUT2D eigenvalue weighted by Crippen LogP contribution is -2.14. The van der Waals surface area contributed by atoms with Crippen molar-refractivity contribution in [3.63, 3.8) is 0 Å². The van der Waals surface area contributed by atoms with E-state index in [0.717, 1.165) is 0 Å². The number of hydrogen-bond donors (Lipinski definition) is 1. The molecule has 0 spiro atoms. The maximum atomic E-state index is 11.6. The van der Waals surface area contributed by atoms with Gasteiger partial charge in [-0.3, -0.25) is 0 Å². The van der Waals surface area contributed by atoms with Gasteiger partial charge in [0.2, 0.25) is 10.0 Å².